The Morgan fingerprint density at radius 3 is 2.20 bits per heavy atom. The average Bonchev–Trinajstić information content (AvgIpc) is 2.28. The third-order valence-corrected chi connectivity index (χ3v) is 3.00. The lowest BCUT2D eigenvalue weighted by atomic mass is 9.80. The van der Waals surface area contributed by atoms with Crippen LogP contribution in [-0.4, -0.2) is 24.9 Å². The summed E-state index contributed by atoms with van der Waals surface area (Å²) in [5.74, 6) is 0.0703. The third-order valence-electron chi connectivity index (χ3n) is 3.00. The standard InChI is InChI=1S/C11H19NO3/c1-2-15-11(14)9-5-3-8(4-6-9)10(13)7-12/h8-9H,2-7,12H2,1H3. The molecule has 0 spiro atoms. The fourth-order valence-corrected chi connectivity index (χ4v) is 2.08. The second kappa shape index (κ2) is 5.85. The van der Waals surface area contributed by atoms with Gasteiger partial charge >= 0.3 is 5.97 Å². The third kappa shape index (κ3) is 3.30. The van der Waals surface area contributed by atoms with Crippen molar-refractivity contribution in [1.29, 1.82) is 0 Å². The van der Waals surface area contributed by atoms with Crippen LogP contribution in [0.25, 0.3) is 0 Å². The van der Waals surface area contributed by atoms with Crippen LogP contribution in [0.4, 0.5) is 0 Å². The van der Waals surface area contributed by atoms with E-state index in [4.69, 9.17) is 10.5 Å². The molecule has 1 aliphatic carbocycles. The SMILES string of the molecule is CCOC(=O)C1CCC(C(=O)CN)CC1. The van der Waals surface area contributed by atoms with Gasteiger partial charge in [0.25, 0.3) is 0 Å². The zero-order valence-electron chi connectivity index (χ0n) is 9.20. The normalized spacial score (nSPS) is 26.0. The van der Waals surface area contributed by atoms with E-state index in [0.717, 1.165) is 25.7 Å². The molecule has 4 heteroatoms. The summed E-state index contributed by atoms with van der Waals surface area (Å²) in [6.07, 6.45) is 3.07. The Bertz CT molecular complexity index is 232. The number of hydrogen-bond donors (Lipinski definition) is 1. The van der Waals surface area contributed by atoms with Gasteiger partial charge in [-0.2, -0.15) is 0 Å². The van der Waals surface area contributed by atoms with Gasteiger partial charge in [-0.1, -0.05) is 0 Å². The molecule has 0 amide bonds. The van der Waals surface area contributed by atoms with Gasteiger partial charge in [-0.3, -0.25) is 9.59 Å². The van der Waals surface area contributed by atoms with E-state index >= 15 is 0 Å². The molecule has 0 aliphatic heterocycles. The molecule has 0 aromatic carbocycles. The lowest BCUT2D eigenvalue weighted by Gasteiger charge is -2.25. The summed E-state index contributed by atoms with van der Waals surface area (Å²) in [7, 11) is 0. The maximum absolute atomic E-state index is 11.4. The molecule has 0 bridgehead atoms. The lowest BCUT2D eigenvalue weighted by molar-refractivity contribution is -0.150. The molecule has 15 heavy (non-hydrogen) atoms. The molecule has 1 rings (SSSR count). The van der Waals surface area contributed by atoms with Gasteiger partial charge < -0.3 is 10.5 Å². The summed E-state index contributed by atoms with van der Waals surface area (Å²) in [6.45, 7) is 2.36. The number of Topliss-reactive ketones (excluding diaryl/α,β-unsaturated/α-hetero) is 1. The second-order valence-corrected chi connectivity index (χ2v) is 3.97. The highest BCUT2D eigenvalue weighted by Crippen LogP contribution is 2.29. The van der Waals surface area contributed by atoms with Gasteiger partial charge in [-0.15, -0.1) is 0 Å². The largest absolute Gasteiger partial charge is 0.466 e. The Morgan fingerprint density at radius 1 is 1.20 bits per heavy atom. The van der Waals surface area contributed by atoms with E-state index < -0.39 is 0 Å². The first-order chi connectivity index (χ1) is 7.19. The summed E-state index contributed by atoms with van der Waals surface area (Å²) >= 11 is 0. The molecule has 0 atom stereocenters. The Morgan fingerprint density at radius 2 is 1.73 bits per heavy atom. The van der Waals surface area contributed by atoms with Gasteiger partial charge in [-0.05, 0) is 32.6 Å². The first kappa shape index (κ1) is 12.2. The minimum atomic E-state index is -0.115. The molecule has 4 nitrogen and oxygen atoms in total. The van der Waals surface area contributed by atoms with Gasteiger partial charge in [0.15, 0.2) is 0 Å². The number of nitrogens with two attached hydrogens (primary N) is 1. The van der Waals surface area contributed by atoms with Crippen molar-refractivity contribution in [2.75, 3.05) is 13.2 Å². The molecular formula is C11H19NO3. The fraction of sp³-hybridized carbons (Fsp3) is 0.818. The van der Waals surface area contributed by atoms with Crippen molar-refractivity contribution in [1.82, 2.24) is 0 Å². The van der Waals surface area contributed by atoms with Crippen molar-refractivity contribution in [2.45, 2.75) is 32.6 Å². The summed E-state index contributed by atoms with van der Waals surface area (Å²) in [5, 5.41) is 0. The minimum absolute atomic E-state index is 0.00762. The van der Waals surface area contributed by atoms with E-state index in [1.165, 1.54) is 0 Å². The average molecular weight is 213 g/mol. The zero-order chi connectivity index (χ0) is 11.3. The molecule has 0 unspecified atom stereocenters. The topological polar surface area (TPSA) is 69.4 Å². The van der Waals surface area contributed by atoms with Crippen LogP contribution >= 0.6 is 0 Å². The van der Waals surface area contributed by atoms with Crippen LogP contribution in [0.2, 0.25) is 0 Å². The van der Waals surface area contributed by atoms with Crippen LogP contribution in [0.15, 0.2) is 0 Å². The quantitative estimate of drug-likeness (QED) is 0.704. The maximum Gasteiger partial charge on any atom is 0.308 e. The summed E-state index contributed by atoms with van der Waals surface area (Å²) in [5.41, 5.74) is 5.30. The van der Waals surface area contributed by atoms with Gasteiger partial charge in [0, 0.05) is 5.92 Å². The van der Waals surface area contributed by atoms with Gasteiger partial charge in [0.2, 0.25) is 0 Å². The van der Waals surface area contributed by atoms with Crippen LogP contribution < -0.4 is 5.73 Å². The number of ether oxygens (including phenoxy) is 1. The van der Waals surface area contributed by atoms with Crippen LogP contribution in [0, 0.1) is 11.8 Å². The molecule has 0 aromatic rings. The minimum Gasteiger partial charge on any atom is -0.466 e. The van der Waals surface area contributed by atoms with Gasteiger partial charge in [0.1, 0.15) is 5.78 Å². The van der Waals surface area contributed by atoms with Crippen molar-refractivity contribution in [3.63, 3.8) is 0 Å². The van der Waals surface area contributed by atoms with Crippen molar-refractivity contribution in [3.8, 4) is 0 Å². The van der Waals surface area contributed by atoms with Crippen molar-refractivity contribution >= 4 is 11.8 Å². The molecule has 1 fully saturated rings. The van der Waals surface area contributed by atoms with E-state index in [2.05, 4.69) is 0 Å². The van der Waals surface area contributed by atoms with Crippen LogP contribution in [0.1, 0.15) is 32.6 Å². The number of carbonyl (C=O) groups is 2. The van der Waals surface area contributed by atoms with E-state index in [9.17, 15) is 9.59 Å². The highest BCUT2D eigenvalue weighted by molar-refractivity contribution is 5.83. The smallest absolute Gasteiger partial charge is 0.308 e. The first-order valence-electron chi connectivity index (χ1n) is 5.58. The molecule has 0 radical (unpaired) electrons. The monoisotopic (exact) mass is 213 g/mol. The highest BCUT2D eigenvalue weighted by Gasteiger charge is 2.29. The summed E-state index contributed by atoms with van der Waals surface area (Å²) < 4.78 is 4.95. The van der Waals surface area contributed by atoms with Crippen molar-refractivity contribution < 1.29 is 14.3 Å². The number of ketones is 1. The molecule has 1 saturated carbocycles. The number of esters is 1. The van der Waals surface area contributed by atoms with Crippen molar-refractivity contribution in [2.24, 2.45) is 17.6 Å². The molecule has 1 aliphatic rings. The number of hydrogen-bond acceptors (Lipinski definition) is 4. The fourth-order valence-electron chi connectivity index (χ4n) is 2.08. The predicted octanol–water partition coefficient (Wildman–Crippen LogP) is 0.884. The van der Waals surface area contributed by atoms with Gasteiger partial charge in [0.05, 0.1) is 19.1 Å². The van der Waals surface area contributed by atoms with E-state index in [1.807, 2.05) is 6.92 Å². The molecular weight excluding hydrogens is 194 g/mol. The second-order valence-electron chi connectivity index (χ2n) is 3.97. The van der Waals surface area contributed by atoms with E-state index in [0.29, 0.717) is 6.61 Å². The Labute approximate surface area is 90.2 Å². The van der Waals surface area contributed by atoms with E-state index in [-0.39, 0.29) is 30.1 Å². The van der Waals surface area contributed by atoms with Crippen LogP contribution in [0.3, 0.4) is 0 Å². The predicted molar refractivity (Wildman–Crippen MR) is 56.1 cm³/mol. The number of rotatable bonds is 4. The molecule has 0 heterocycles. The molecule has 2 N–H and O–H groups in total. The summed E-state index contributed by atoms with van der Waals surface area (Å²) in [4.78, 5) is 22.7. The lowest BCUT2D eigenvalue weighted by Crippen LogP contribution is -2.30. The van der Waals surface area contributed by atoms with Gasteiger partial charge in [-0.25, -0.2) is 0 Å². The van der Waals surface area contributed by atoms with E-state index in [1.54, 1.807) is 0 Å². The maximum atomic E-state index is 11.4. The Balaban J connectivity index is 2.35. The van der Waals surface area contributed by atoms with Crippen molar-refractivity contribution in [3.05, 3.63) is 0 Å². The highest BCUT2D eigenvalue weighted by atomic mass is 16.5. The van der Waals surface area contributed by atoms with Crippen LogP contribution in [0.5, 0.6) is 0 Å². The Kier molecular flexibility index (Phi) is 4.75. The molecule has 0 saturated heterocycles. The summed E-state index contributed by atoms with van der Waals surface area (Å²) in [6, 6.07) is 0. The zero-order valence-corrected chi connectivity index (χ0v) is 9.20. The molecule has 0 aromatic heterocycles. The Hall–Kier alpha value is -0.900. The molecule has 86 valence electrons. The number of carbonyl (C=O) groups excluding carboxylic acids is 2. The first-order valence-corrected chi connectivity index (χ1v) is 5.58. The van der Waals surface area contributed by atoms with Crippen LogP contribution in [-0.2, 0) is 14.3 Å².